The molecule has 4 saturated carbocycles. The van der Waals surface area contributed by atoms with Gasteiger partial charge in [-0.3, -0.25) is 0 Å². The Morgan fingerprint density at radius 1 is 0.471 bits per heavy atom. The number of hydrogen-bond donors (Lipinski definition) is 0. The fraction of sp³-hybridized carbons (Fsp3) is 0.280. The Morgan fingerprint density at radius 3 is 1.92 bits per heavy atom. The summed E-state index contributed by atoms with van der Waals surface area (Å²) in [6.45, 7) is 4.73. The lowest BCUT2D eigenvalue weighted by atomic mass is 9.49. The van der Waals surface area contributed by atoms with Crippen LogP contribution < -0.4 is 4.90 Å². The predicted octanol–water partition coefficient (Wildman–Crippen LogP) is 12.9. The van der Waals surface area contributed by atoms with Crippen molar-refractivity contribution in [3.8, 4) is 33.4 Å². The molecule has 4 fully saturated rings. The SMILES string of the molecule is CC1(C)c2ccccc2-c2ccc(N(c3ccccc3)c3ccc(-c4ccc5c(c4)-c4ccccc4C54C5CC6CC7CC4C7(C6)C5)cc3)cc21. The van der Waals surface area contributed by atoms with Crippen LogP contribution in [0.25, 0.3) is 33.4 Å². The van der Waals surface area contributed by atoms with Gasteiger partial charge >= 0.3 is 0 Å². The maximum Gasteiger partial charge on any atom is 0.0465 e. The van der Waals surface area contributed by atoms with Crippen LogP contribution in [0.3, 0.4) is 0 Å². The molecule has 6 unspecified atom stereocenters. The molecule has 0 aromatic heterocycles. The molecule has 1 nitrogen and oxygen atoms in total. The molecule has 2 spiro atoms. The minimum atomic E-state index is -0.0459. The molecule has 0 aliphatic heterocycles. The van der Waals surface area contributed by atoms with Crippen molar-refractivity contribution in [1.82, 2.24) is 0 Å². The molecule has 6 aromatic carbocycles. The summed E-state index contributed by atoms with van der Waals surface area (Å²) >= 11 is 0. The Balaban J connectivity index is 0.939. The standard InChI is InChI=1S/C50H43N/c1-48(2)43-14-8-6-12-39(43)41-22-21-38(28-46(41)48)51(36-10-4-3-5-11-36)37-19-16-32(17-20-37)33-18-23-45-42(26-33)40-13-7-9-15-44(40)50(45)35-25-31-24-34-27-47(50)49(34,29-31)30-35/h3-23,26,28,31,34-35,47H,24-25,27,29-30H2,1-2H3. The van der Waals surface area contributed by atoms with Crippen LogP contribution in [0.2, 0.25) is 0 Å². The summed E-state index contributed by atoms with van der Waals surface area (Å²) in [6, 6.07) is 53.2. The highest BCUT2D eigenvalue weighted by molar-refractivity contribution is 5.88. The summed E-state index contributed by atoms with van der Waals surface area (Å²) in [5.41, 5.74) is 18.8. The Morgan fingerprint density at radius 2 is 1.10 bits per heavy atom. The number of anilines is 3. The van der Waals surface area contributed by atoms with Crippen LogP contribution in [0, 0.1) is 29.1 Å². The molecule has 0 saturated heterocycles. The van der Waals surface area contributed by atoms with E-state index < -0.39 is 0 Å². The van der Waals surface area contributed by atoms with E-state index in [4.69, 9.17) is 0 Å². The van der Waals surface area contributed by atoms with Gasteiger partial charge in [-0.2, -0.15) is 0 Å². The fourth-order valence-corrected chi connectivity index (χ4v) is 13.3. The molecule has 51 heavy (non-hydrogen) atoms. The number of nitrogens with zero attached hydrogens (tertiary/aromatic N) is 1. The first kappa shape index (κ1) is 28.8. The Bertz CT molecular complexity index is 2420. The quantitative estimate of drug-likeness (QED) is 0.182. The van der Waals surface area contributed by atoms with Crippen molar-refractivity contribution in [3.63, 3.8) is 0 Å². The summed E-state index contributed by atoms with van der Waals surface area (Å²) in [5.74, 6) is 3.62. The molecule has 248 valence electrons. The van der Waals surface area contributed by atoms with Crippen molar-refractivity contribution in [2.24, 2.45) is 29.1 Å². The average Bonchev–Trinajstić information content (AvgIpc) is 3.72. The van der Waals surface area contributed by atoms with Gasteiger partial charge in [0, 0.05) is 27.9 Å². The third kappa shape index (κ3) is 3.49. The Hall–Kier alpha value is -4.88. The van der Waals surface area contributed by atoms with Gasteiger partial charge in [0.25, 0.3) is 0 Å². The largest absolute Gasteiger partial charge is 0.310 e. The van der Waals surface area contributed by atoms with Gasteiger partial charge in [0.05, 0.1) is 0 Å². The molecular weight excluding hydrogens is 615 g/mol. The van der Waals surface area contributed by atoms with Gasteiger partial charge in [-0.15, -0.1) is 0 Å². The summed E-state index contributed by atoms with van der Waals surface area (Å²) < 4.78 is 0. The molecule has 6 aliphatic carbocycles. The minimum absolute atomic E-state index is 0.0459. The van der Waals surface area contributed by atoms with Gasteiger partial charge in [-0.25, -0.2) is 0 Å². The molecule has 6 aromatic rings. The highest BCUT2D eigenvalue weighted by Gasteiger charge is 2.76. The molecule has 3 bridgehead atoms. The summed E-state index contributed by atoms with van der Waals surface area (Å²) in [4.78, 5) is 2.42. The van der Waals surface area contributed by atoms with E-state index >= 15 is 0 Å². The first-order valence-electron chi connectivity index (χ1n) is 19.4. The lowest BCUT2D eigenvalue weighted by molar-refractivity contribution is -0.0193. The second kappa shape index (κ2) is 9.71. The zero-order valence-electron chi connectivity index (χ0n) is 29.6. The molecule has 6 aliphatic rings. The van der Waals surface area contributed by atoms with Crippen LogP contribution in [0.1, 0.15) is 68.2 Å². The van der Waals surface area contributed by atoms with Gasteiger partial charge < -0.3 is 4.90 Å². The zero-order chi connectivity index (χ0) is 33.7. The lowest BCUT2D eigenvalue weighted by Gasteiger charge is -2.54. The number of fused-ring (bicyclic) bond motifs is 12. The smallest absolute Gasteiger partial charge is 0.0465 e. The van der Waals surface area contributed by atoms with Gasteiger partial charge in [-0.1, -0.05) is 111 Å². The van der Waals surface area contributed by atoms with Crippen LogP contribution in [-0.4, -0.2) is 0 Å². The van der Waals surface area contributed by atoms with Gasteiger partial charge in [0.2, 0.25) is 0 Å². The second-order valence-electron chi connectivity index (χ2n) is 17.5. The summed E-state index contributed by atoms with van der Waals surface area (Å²) in [7, 11) is 0. The number of benzene rings is 6. The van der Waals surface area contributed by atoms with E-state index in [1.807, 2.05) is 0 Å². The average molecular weight is 658 g/mol. The highest BCUT2D eigenvalue weighted by Crippen LogP contribution is 2.83. The van der Waals surface area contributed by atoms with Gasteiger partial charge in [0.1, 0.15) is 0 Å². The molecular formula is C50H43N. The van der Waals surface area contributed by atoms with Crippen molar-refractivity contribution in [1.29, 1.82) is 0 Å². The molecule has 0 radical (unpaired) electrons. The fourth-order valence-electron chi connectivity index (χ4n) is 13.3. The van der Waals surface area contributed by atoms with Crippen molar-refractivity contribution in [2.75, 3.05) is 4.90 Å². The maximum absolute atomic E-state index is 2.57. The van der Waals surface area contributed by atoms with E-state index in [9.17, 15) is 0 Å². The third-order valence-corrected chi connectivity index (χ3v) is 15.2. The van der Waals surface area contributed by atoms with Gasteiger partial charge in [0.15, 0.2) is 0 Å². The monoisotopic (exact) mass is 657 g/mol. The third-order valence-electron chi connectivity index (χ3n) is 15.2. The Labute approximate surface area is 302 Å². The molecule has 6 atom stereocenters. The molecule has 0 amide bonds. The van der Waals surface area contributed by atoms with Crippen molar-refractivity contribution >= 4 is 17.1 Å². The van der Waals surface area contributed by atoms with E-state index in [1.165, 1.54) is 93.7 Å². The number of rotatable bonds is 4. The van der Waals surface area contributed by atoms with Crippen molar-refractivity contribution < 1.29 is 0 Å². The molecule has 12 rings (SSSR count). The van der Waals surface area contributed by atoms with E-state index in [-0.39, 0.29) is 10.8 Å². The van der Waals surface area contributed by atoms with Crippen molar-refractivity contribution in [2.45, 2.75) is 56.8 Å². The highest BCUT2D eigenvalue weighted by atomic mass is 15.1. The normalized spacial score (nSPS) is 28.9. The molecule has 1 heteroatoms. The lowest BCUT2D eigenvalue weighted by Crippen LogP contribution is -2.50. The van der Waals surface area contributed by atoms with E-state index in [0.29, 0.717) is 5.41 Å². The zero-order valence-corrected chi connectivity index (χ0v) is 29.6. The van der Waals surface area contributed by atoms with Gasteiger partial charge in [-0.05, 0) is 159 Å². The minimum Gasteiger partial charge on any atom is -0.310 e. The predicted molar refractivity (Wildman–Crippen MR) is 210 cm³/mol. The second-order valence-corrected chi connectivity index (χ2v) is 17.5. The summed E-state index contributed by atoms with van der Waals surface area (Å²) in [5, 5.41) is 0. The topological polar surface area (TPSA) is 3.24 Å². The first-order chi connectivity index (χ1) is 25.0. The van der Waals surface area contributed by atoms with Crippen LogP contribution in [-0.2, 0) is 10.8 Å². The van der Waals surface area contributed by atoms with Crippen LogP contribution >= 0.6 is 0 Å². The van der Waals surface area contributed by atoms with Crippen LogP contribution in [0.15, 0.2) is 140 Å². The Kier molecular flexibility index (Phi) is 5.48. The van der Waals surface area contributed by atoms with Crippen molar-refractivity contribution in [3.05, 3.63) is 162 Å². The molecule has 0 heterocycles. The van der Waals surface area contributed by atoms with Crippen LogP contribution in [0.5, 0.6) is 0 Å². The van der Waals surface area contributed by atoms with E-state index in [0.717, 1.165) is 23.7 Å². The first-order valence-corrected chi connectivity index (χ1v) is 19.4. The van der Waals surface area contributed by atoms with E-state index in [2.05, 4.69) is 158 Å². The van der Waals surface area contributed by atoms with Crippen LogP contribution in [0.4, 0.5) is 17.1 Å². The van der Waals surface area contributed by atoms with E-state index in [1.54, 1.807) is 11.1 Å². The molecule has 0 N–H and O–H groups in total. The summed E-state index contributed by atoms with van der Waals surface area (Å²) in [6.07, 6.45) is 7.41. The number of para-hydroxylation sites is 1. The number of hydrogen-bond acceptors (Lipinski definition) is 1. The maximum atomic E-state index is 2.57.